The van der Waals surface area contributed by atoms with E-state index >= 15 is 0 Å². The zero-order valence-corrected chi connectivity index (χ0v) is 18.3. The van der Waals surface area contributed by atoms with Crippen molar-refractivity contribution in [3.63, 3.8) is 0 Å². The zero-order valence-electron chi connectivity index (χ0n) is 18.3. The van der Waals surface area contributed by atoms with Crippen molar-refractivity contribution in [2.24, 2.45) is 0 Å². The van der Waals surface area contributed by atoms with Crippen LogP contribution < -0.4 is 14.4 Å². The number of Topliss-reactive ketones (excluding diaryl/α,β-unsaturated/α-hetero) is 1. The molecule has 6 nitrogen and oxygen atoms in total. The van der Waals surface area contributed by atoms with E-state index in [-0.39, 0.29) is 17.3 Å². The van der Waals surface area contributed by atoms with E-state index in [1.165, 1.54) is 4.90 Å². The van der Waals surface area contributed by atoms with Gasteiger partial charge in [0.2, 0.25) is 0 Å². The molecule has 0 bridgehead atoms. The lowest BCUT2D eigenvalue weighted by molar-refractivity contribution is -0.889. The van der Waals surface area contributed by atoms with Crippen LogP contribution in [0, 0.1) is 0 Å². The summed E-state index contributed by atoms with van der Waals surface area (Å²) in [5.74, 6) is 0.982. The highest BCUT2D eigenvalue weighted by Crippen LogP contribution is 2.29. The van der Waals surface area contributed by atoms with Gasteiger partial charge in [-0.15, -0.1) is 0 Å². The van der Waals surface area contributed by atoms with Crippen LogP contribution in [0.25, 0.3) is 12.2 Å². The highest BCUT2D eigenvalue weighted by atomic mass is 16.5. The SMILES string of the molecule is CCOc1cc(/C=C2\C[NH+](CC)C/C(=C\c3ccc(O)c(OCC)c3)C2=O)ccc1O. The van der Waals surface area contributed by atoms with Gasteiger partial charge in [-0.05, 0) is 68.3 Å². The molecule has 0 spiro atoms. The lowest BCUT2D eigenvalue weighted by Gasteiger charge is -2.26. The summed E-state index contributed by atoms with van der Waals surface area (Å²) in [7, 11) is 0. The van der Waals surface area contributed by atoms with Crippen LogP contribution in [0.2, 0.25) is 0 Å². The molecule has 1 aliphatic rings. The number of hydrogen-bond acceptors (Lipinski definition) is 5. The number of quaternary nitrogens is 1. The molecule has 2 aromatic carbocycles. The Kier molecular flexibility index (Phi) is 7.36. The van der Waals surface area contributed by atoms with Gasteiger partial charge in [-0.2, -0.15) is 0 Å². The molecule has 0 unspecified atom stereocenters. The Bertz CT molecular complexity index is 931. The van der Waals surface area contributed by atoms with Gasteiger partial charge in [0.15, 0.2) is 28.8 Å². The second-order valence-electron chi connectivity index (χ2n) is 7.45. The Balaban J connectivity index is 1.95. The second-order valence-corrected chi connectivity index (χ2v) is 7.45. The van der Waals surface area contributed by atoms with Gasteiger partial charge in [0, 0.05) is 0 Å². The number of aromatic hydroxyl groups is 2. The highest BCUT2D eigenvalue weighted by Gasteiger charge is 2.28. The number of rotatable bonds is 7. The van der Waals surface area contributed by atoms with Crippen LogP contribution in [0.1, 0.15) is 31.9 Å². The number of nitrogens with one attached hydrogen (secondary N) is 1. The topological polar surface area (TPSA) is 80.4 Å². The monoisotopic (exact) mass is 424 g/mol. The van der Waals surface area contributed by atoms with Crippen molar-refractivity contribution in [1.29, 1.82) is 0 Å². The average Bonchev–Trinajstić information content (AvgIpc) is 2.76. The third kappa shape index (κ3) is 5.47. The average molecular weight is 425 g/mol. The molecular formula is C25H30NO5+. The fraction of sp³-hybridized carbons (Fsp3) is 0.320. The van der Waals surface area contributed by atoms with Crippen LogP contribution in [-0.4, -0.2) is 48.8 Å². The summed E-state index contributed by atoms with van der Waals surface area (Å²) in [6.45, 7) is 8.87. The number of piperidine rings is 1. The quantitative estimate of drug-likeness (QED) is 0.596. The van der Waals surface area contributed by atoms with Gasteiger partial charge >= 0.3 is 0 Å². The second kappa shape index (κ2) is 10.2. The smallest absolute Gasteiger partial charge is 0.196 e. The maximum absolute atomic E-state index is 13.2. The standard InChI is InChI=1S/C25H29NO5/c1-4-26-15-19(11-17-7-9-21(27)23(13-17)30-5-2)25(29)20(16-26)12-18-8-10-22(28)24(14-18)31-6-3/h7-14,27-28H,4-6,15-16H2,1-3H3/p+1/b19-11+,20-12+. The van der Waals surface area contributed by atoms with E-state index in [1.807, 2.05) is 26.0 Å². The normalized spacial score (nSPS) is 19.1. The van der Waals surface area contributed by atoms with Gasteiger partial charge in [-0.3, -0.25) is 4.79 Å². The third-order valence-electron chi connectivity index (χ3n) is 5.21. The molecule has 0 aromatic heterocycles. The molecule has 0 amide bonds. The fourth-order valence-corrected chi connectivity index (χ4v) is 3.64. The van der Waals surface area contributed by atoms with E-state index in [1.54, 1.807) is 36.4 Å². The molecule has 0 atom stereocenters. The molecule has 6 heteroatoms. The van der Waals surface area contributed by atoms with E-state index in [4.69, 9.17) is 9.47 Å². The van der Waals surface area contributed by atoms with Crippen molar-refractivity contribution in [1.82, 2.24) is 0 Å². The van der Waals surface area contributed by atoms with E-state index in [0.29, 0.717) is 48.9 Å². The number of likely N-dealkylation sites (tertiary alicyclic amines) is 1. The molecule has 0 radical (unpaired) electrons. The van der Waals surface area contributed by atoms with Crippen molar-refractivity contribution in [3.8, 4) is 23.0 Å². The van der Waals surface area contributed by atoms with Gasteiger partial charge in [-0.25, -0.2) is 0 Å². The summed E-state index contributed by atoms with van der Waals surface area (Å²) >= 11 is 0. The largest absolute Gasteiger partial charge is 0.504 e. The number of carbonyl (C=O) groups excluding carboxylic acids is 1. The molecule has 3 rings (SSSR count). The number of ether oxygens (including phenoxy) is 2. The van der Waals surface area contributed by atoms with Crippen LogP contribution in [0.3, 0.4) is 0 Å². The van der Waals surface area contributed by atoms with Gasteiger partial charge in [0.25, 0.3) is 0 Å². The highest BCUT2D eigenvalue weighted by molar-refractivity contribution is 6.14. The van der Waals surface area contributed by atoms with Crippen LogP contribution in [0.15, 0.2) is 47.5 Å². The van der Waals surface area contributed by atoms with Crippen LogP contribution in [0.5, 0.6) is 23.0 Å². The molecule has 1 fully saturated rings. The summed E-state index contributed by atoms with van der Waals surface area (Å²) in [5, 5.41) is 19.9. The minimum Gasteiger partial charge on any atom is -0.504 e. The van der Waals surface area contributed by atoms with E-state index in [2.05, 4.69) is 6.92 Å². The number of ketones is 1. The molecule has 31 heavy (non-hydrogen) atoms. The maximum atomic E-state index is 13.2. The van der Waals surface area contributed by atoms with Crippen LogP contribution >= 0.6 is 0 Å². The van der Waals surface area contributed by atoms with Gasteiger partial charge in [0.05, 0.1) is 30.9 Å². The van der Waals surface area contributed by atoms with Gasteiger partial charge in [0.1, 0.15) is 13.1 Å². The maximum Gasteiger partial charge on any atom is 0.196 e. The summed E-state index contributed by atoms with van der Waals surface area (Å²) in [6.07, 6.45) is 3.74. The lowest BCUT2D eigenvalue weighted by atomic mass is 9.94. The molecule has 0 saturated carbocycles. The third-order valence-corrected chi connectivity index (χ3v) is 5.21. The first-order chi connectivity index (χ1) is 14.9. The number of carbonyl (C=O) groups is 1. The van der Waals surface area contributed by atoms with E-state index in [0.717, 1.165) is 17.7 Å². The Hall–Kier alpha value is -3.25. The Morgan fingerprint density at radius 3 is 1.68 bits per heavy atom. The number of likely N-dealkylation sites (N-methyl/N-ethyl adjacent to an activating group) is 1. The summed E-state index contributed by atoms with van der Waals surface area (Å²) < 4.78 is 10.9. The first kappa shape index (κ1) is 22.4. The number of hydrogen-bond donors (Lipinski definition) is 3. The molecule has 3 N–H and O–H groups in total. The first-order valence-electron chi connectivity index (χ1n) is 10.7. The van der Waals surface area contributed by atoms with Crippen LogP contribution in [-0.2, 0) is 4.79 Å². The fourth-order valence-electron chi connectivity index (χ4n) is 3.64. The Morgan fingerprint density at radius 2 is 1.29 bits per heavy atom. The number of phenolic OH excluding ortho intramolecular Hbond substituents is 2. The Morgan fingerprint density at radius 1 is 0.839 bits per heavy atom. The number of benzene rings is 2. The lowest BCUT2D eigenvalue weighted by Crippen LogP contribution is -3.13. The number of phenols is 2. The van der Waals surface area contributed by atoms with Crippen LogP contribution in [0.4, 0.5) is 0 Å². The summed E-state index contributed by atoms with van der Waals surface area (Å²) in [5.41, 5.74) is 3.05. The van der Waals surface area contributed by atoms with Crippen molar-refractivity contribution in [2.75, 3.05) is 32.8 Å². The molecule has 1 aliphatic heterocycles. The molecule has 164 valence electrons. The molecule has 2 aromatic rings. The van der Waals surface area contributed by atoms with Crippen molar-refractivity contribution < 1.29 is 29.4 Å². The van der Waals surface area contributed by atoms with Crippen molar-refractivity contribution >= 4 is 17.9 Å². The van der Waals surface area contributed by atoms with Gasteiger partial charge < -0.3 is 24.6 Å². The first-order valence-corrected chi connectivity index (χ1v) is 10.7. The van der Waals surface area contributed by atoms with Crippen molar-refractivity contribution in [2.45, 2.75) is 20.8 Å². The zero-order chi connectivity index (χ0) is 22.4. The minimum absolute atomic E-state index is 0.00858. The molecule has 1 heterocycles. The molecule has 0 aliphatic carbocycles. The Labute approximate surface area is 183 Å². The van der Waals surface area contributed by atoms with Crippen molar-refractivity contribution in [3.05, 3.63) is 58.7 Å². The van der Waals surface area contributed by atoms with E-state index < -0.39 is 0 Å². The molecular weight excluding hydrogens is 394 g/mol. The van der Waals surface area contributed by atoms with Gasteiger partial charge in [-0.1, -0.05) is 12.1 Å². The minimum atomic E-state index is 0.00858. The summed E-state index contributed by atoms with van der Waals surface area (Å²) in [6, 6.07) is 10.2. The molecule has 1 saturated heterocycles. The predicted octanol–water partition coefficient (Wildman–Crippen LogP) is 2.85. The summed E-state index contributed by atoms with van der Waals surface area (Å²) in [4.78, 5) is 14.5. The van der Waals surface area contributed by atoms with E-state index in [9.17, 15) is 15.0 Å². The predicted molar refractivity (Wildman–Crippen MR) is 121 cm³/mol.